The van der Waals surface area contributed by atoms with Gasteiger partial charge in [0.25, 0.3) is 5.91 Å². The molecule has 8 nitrogen and oxygen atoms in total. The van der Waals surface area contributed by atoms with Crippen LogP contribution in [0.1, 0.15) is 45.7 Å². The maximum Gasteiger partial charge on any atom is 0.257 e. The van der Waals surface area contributed by atoms with Gasteiger partial charge in [-0.3, -0.25) is 19.3 Å². The highest BCUT2D eigenvalue weighted by Gasteiger charge is 2.39. The van der Waals surface area contributed by atoms with E-state index in [9.17, 15) is 32.7 Å². The Balaban J connectivity index is 1.59. The van der Waals surface area contributed by atoms with E-state index in [1.165, 1.54) is 4.57 Å². The number of ether oxygens (including phenoxy) is 1. The molecule has 1 aromatic carbocycles. The van der Waals surface area contributed by atoms with Crippen molar-refractivity contribution in [1.82, 2.24) is 14.8 Å². The zero-order chi connectivity index (χ0) is 23.9. The number of aromatic nitrogens is 1. The number of aldehydes is 1. The summed E-state index contributed by atoms with van der Waals surface area (Å²) < 4.78 is 48.0. The van der Waals surface area contributed by atoms with Crippen LogP contribution < -0.4 is 10.7 Å². The van der Waals surface area contributed by atoms with Crippen molar-refractivity contribution in [3.05, 3.63) is 62.8 Å². The Morgan fingerprint density at radius 1 is 1.27 bits per heavy atom. The number of aromatic hydroxyl groups is 1. The highest BCUT2D eigenvalue weighted by Crippen LogP contribution is 2.34. The first-order valence-corrected chi connectivity index (χ1v) is 10.4. The van der Waals surface area contributed by atoms with E-state index >= 15 is 0 Å². The van der Waals surface area contributed by atoms with Crippen LogP contribution in [0.15, 0.2) is 23.1 Å². The van der Waals surface area contributed by atoms with Crippen LogP contribution in [-0.4, -0.2) is 52.2 Å². The van der Waals surface area contributed by atoms with Gasteiger partial charge in [-0.25, -0.2) is 13.2 Å². The molecule has 4 rings (SSSR count). The number of carbonyl (C=O) groups excluding carboxylic acids is 2. The Labute approximate surface area is 186 Å². The van der Waals surface area contributed by atoms with E-state index in [-0.39, 0.29) is 18.3 Å². The van der Waals surface area contributed by atoms with Crippen LogP contribution in [0.2, 0.25) is 0 Å². The lowest BCUT2D eigenvalue weighted by molar-refractivity contribution is -0.134. The summed E-state index contributed by atoms with van der Waals surface area (Å²) in [5, 5.41) is 12.5. The van der Waals surface area contributed by atoms with Gasteiger partial charge in [0, 0.05) is 36.5 Å². The second-order valence-corrected chi connectivity index (χ2v) is 8.25. The molecule has 2 N–H and O–H groups in total. The number of rotatable bonds is 6. The summed E-state index contributed by atoms with van der Waals surface area (Å²) in [5.74, 6) is -5.45. The molecule has 33 heavy (non-hydrogen) atoms. The summed E-state index contributed by atoms with van der Waals surface area (Å²) in [6, 6.07) is 1.25. The number of pyridine rings is 1. The number of likely N-dealkylation sites (N-methyl/N-ethyl adjacent to an activating group) is 1. The number of fused-ring (bicyclic) bond motifs is 2. The quantitative estimate of drug-likeness (QED) is 0.633. The average molecular weight is 465 g/mol. The zero-order valence-corrected chi connectivity index (χ0v) is 17.7. The molecule has 1 saturated carbocycles. The fourth-order valence-corrected chi connectivity index (χ4v) is 4.41. The van der Waals surface area contributed by atoms with Crippen LogP contribution in [0.5, 0.6) is 5.75 Å². The average Bonchev–Trinajstić information content (AvgIpc) is 3.17. The molecular formula is C22H22F3N3O5. The van der Waals surface area contributed by atoms with Crippen molar-refractivity contribution < 1.29 is 32.6 Å². The van der Waals surface area contributed by atoms with E-state index in [2.05, 4.69) is 5.32 Å². The summed E-state index contributed by atoms with van der Waals surface area (Å²) in [6.45, 7) is -0.600. The van der Waals surface area contributed by atoms with E-state index in [1.807, 2.05) is 11.9 Å². The van der Waals surface area contributed by atoms with Crippen molar-refractivity contribution in [1.29, 1.82) is 0 Å². The van der Waals surface area contributed by atoms with Crippen molar-refractivity contribution in [2.24, 2.45) is 0 Å². The van der Waals surface area contributed by atoms with Gasteiger partial charge in [0.2, 0.25) is 5.43 Å². The second kappa shape index (κ2) is 8.99. The van der Waals surface area contributed by atoms with Crippen LogP contribution in [0.25, 0.3) is 0 Å². The first-order valence-electron chi connectivity index (χ1n) is 10.4. The molecule has 1 amide bonds. The third-order valence-corrected chi connectivity index (χ3v) is 6.27. The van der Waals surface area contributed by atoms with Crippen molar-refractivity contribution in [2.75, 3.05) is 7.05 Å². The van der Waals surface area contributed by atoms with Crippen LogP contribution in [0.3, 0.4) is 0 Å². The minimum atomic E-state index is -1.20. The Bertz CT molecular complexity index is 1150. The predicted octanol–water partition coefficient (Wildman–Crippen LogP) is 1.92. The zero-order valence-electron chi connectivity index (χ0n) is 17.7. The Morgan fingerprint density at radius 3 is 2.64 bits per heavy atom. The van der Waals surface area contributed by atoms with E-state index in [1.54, 1.807) is 0 Å². The van der Waals surface area contributed by atoms with Crippen molar-refractivity contribution in [2.45, 2.75) is 50.7 Å². The summed E-state index contributed by atoms with van der Waals surface area (Å²) in [5.41, 5.74) is -2.54. The molecule has 1 saturated heterocycles. The van der Waals surface area contributed by atoms with Gasteiger partial charge < -0.3 is 19.7 Å². The van der Waals surface area contributed by atoms with E-state index in [4.69, 9.17) is 4.74 Å². The summed E-state index contributed by atoms with van der Waals surface area (Å²) >= 11 is 0. The number of hydrogen-bond donors (Lipinski definition) is 2. The molecule has 176 valence electrons. The molecule has 1 aromatic heterocycles. The van der Waals surface area contributed by atoms with E-state index in [0.717, 1.165) is 25.5 Å². The highest BCUT2D eigenvalue weighted by atomic mass is 19.1. The molecule has 2 fully saturated rings. The molecule has 2 heterocycles. The number of hydrogen-bond acceptors (Lipinski definition) is 6. The molecule has 3 atom stereocenters. The monoisotopic (exact) mass is 465 g/mol. The lowest BCUT2D eigenvalue weighted by Crippen LogP contribution is -2.48. The van der Waals surface area contributed by atoms with E-state index < -0.39 is 58.4 Å². The van der Waals surface area contributed by atoms with Crippen molar-refractivity contribution in [3.63, 3.8) is 0 Å². The van der Waals surface area contributed by atoms with Crippen LogP contribution in [-0.2, 0) is 17.8 Å². The number of halogens is 3. The van der Waals surface area contributed by atoms with Crippen molar-refractivity contribution in [3.8, 4) is 5.75 Å². The molecule has 11 heteroatoms. The minimum absolute atomic E-state index is 0.0624. The summed E-state index contributed by atoms with van der Waals surface area (Å²) in [7, 11) is 1.87. The smallest absolute Gasteiger partial charge is 0.257 e. The third-order valence-electron chi connectivity index (χ3n) is 6.27. The standard InChI is InChI=1S/C22H22F3N3O5/c1-27-12-2-3-13(6-12)33-19(27)9-28-8-15(20(30)21(31)18(28)10-29)22(32)26-7-14-16(24)4-11(23)5-17(14)25/h4-5,8,10,12-13,19,31H,2-3,6-7,9H2,1H3,(H,26,32). The van der Waals surface area contributed by atoms with Gasteiger partial charge >= 0.3 is 0 Å². The van der Waals surface area contributed by atoms with Crippen LogP contribution in [0.4, 0.5) is 13.2 Å². The molecule has 0 radical (unpaired) electrons. The molecule has 2 aromatic rings. The normalized spacial score (nSPS) is 22.4. The van der Waals surface area contributed by atoms with Crippen LogP contribution >= 0.6 is 0 Å². The first kappa shape index (κ1) is 23.0. The highest BCUT2D eigenvalue weighted by molar-refractivity contribution is 5.95. The van der Waals surface area contributed by atoms with Gasteiger partial charge in [0.1, 0.15) is 34.9 Å². The van der Waals surface area contributed by atoms with E-state index in [0.29, 0.717) is 24.5 Å². The predicted molar refractivity (Wildman–Crippen MR) is 109 cm³/mol. The molecule has 1 aliphatic carbocycles. The van der Waals surface area contributed by atoms with Gasteiger partial charge in [-0.2, -0.15) is 0 Å². The third kappa shape index (κ3) is 4.38. The van der Waals surface area contributed by atoms with Gasteiger partial charge in [-0.1, -0.05) is 0 Å². The number of carbonyl (C=O) groups is 2. The minimum Gasteiger partial charge on any atom is -0.503 e. The first-order chi connectivity index (χ1) is 15.7. The maximum atomic E-state index is 13.8. The van der Waals surface area contributed by atoms with Gasteiger partial charge in [-0.15, -0.1) is 0 Å². The largest absolute Gasteiger partial charge is 0.503 e. The molecule has 2 bridgehead atoms. The fraction of sp³-hybridized carbons (Fsp3) is 0.409. The lowest BCUT2D eigenvalue weighted by atomic mass is 10.1. The van der Waals surface area contributed by atoms with Crippen LogP contribution in [0, 0.1) is 17.5 Å². The molecule has 1 aliphatic heterocycles. The van der Waals surface area contributed by atoms with Gasteiger partial charge in [-0.05, 0) is 26.3 Å². The summed E-state index contributed by atoms with van der Waals surface area (Å²) in [6.07, 6.45) is 3.81. The van der Waals surface area contributed by atoms with Crippen molar-refractivity contribution >= 4 is 12.2 Å². The Morgan fingerprint density at radius 2 is 1.97 bits per heavy atom. The maximum absolute atomic E-state index is 13.8. The molecule has 0 spiro atoms. The Kier molecular flexibility index (Phi) is 6.26. The van der Waals surface area contributed by atoms with Gasteiger partial charge in [0.05, 0.1) is 12.6 Å². The number of benzene rings is 1. The SMILES string of the molecule is CN1C2CCC(C2)OC1Cn1cc(C(=O)NCc2c(F)cc(F)cc2F)c(=O)c(O)c1C=O. The number of nitrogens with zero attached hydrogens (tertiary/aromatic N) is 2. The molecule has 3 unspecified atom stereocenters. The number of nitrogens with one attached hydrogen (secondary N) is 1. The fourth-order valence-electron chi connectivity index (χ4n) is 4.41. The lowest BCUT2D eigenvalue weighted by Gasteiger charge is -2.38. The number of amides is 1. The van der Waals surface area contributed by atoms with Gasteiger partial charge in [0.15, 0.2) is 12.0 Å². The topological polar surface area (TPSA) is 101 Å². The summed E-state index contributed by atoms with van der Waals surface area (Å²) in [4.78, 5) is 38.7. The molecule has 2 aliphatic rings. The second-order valence-electron chi connectivity index (χ2n) is 8.25. The molecular weight excluding hydrogens is 443 g/mol. The Hall–Kier alpha value is -3.18.